The Morgan fingerprint density at radius 2 is 0.219 bits per heavy atom. The molecule has 0 atom stereocenters. The molecule has 0 heterocycles. The second-order valence-electron chi connectivity index (χ2n) is 32.7. The van der Waals surface area contributed by atoms with Gasteiger partial charge in [-0.3, -0.25) is 0 Å². The number of rotatable bonds is 35. The van der Waals surface area contributed by atoms with E-state index in [2.05, 4.69) is 286 Å². The van der Waals surface area contributed by atoms with Gasteiger partial charge in [-0.15, -0.1) is 0 Å². The minimum atomic E-state index is 0.560. The molecule has 0 nitrogen and oxygen atoms in total. The lowest BCUT2D eigenvalue weighted by Gasteiger charge is -2.60. The van der Waals surface area contributed by atoms with Crippen molar-refractivity contribution in [2.75, 3.05) is 0 Å². The minimum absolute atomic E-state index is 0.560. The normalized spacial score (nSPS) is 9.75. The molecule has 0 unspecified atom stereocenters. The first-order chi connectivity index (χ1) is 33.2. The van der Waals surface area contributed by atoms with Gasteiger partial charge in [0, 0.05) is 231 Å². The summed E-state index contributed by atoms with van der Waals surface area (Å²) in [5, 5.41) is 0. The Labute approximate surface area is 512 Å². The summed E-state index contributed by atoms with van der Waals surface area (Å²) < 4.78 is 0. The second kappa shape index (κ2) is 35.9. The first-order valence-electron chi connectivity index (χ1n) is 33.2. The molecule has 0 aliphatic heterocycles. The van der Waals surface area contributed by atoms with Crippen LogP contribution in [0.15, 0.2) is 0 Å². The predicted molar refractivity (Wildman–Crippen MR) is 525 cm³/mol. The van der Waals surface area contributed by atoms with E-state index in [9.17, 15) is 0 Å². The van der Waals surface area contributed by atoms with Gasteiger partial charge < -0.3 is 0 Å². The molecule has 0 bridgehead atoms. The fourth-order valence-corrected chi connectivity index (χ4v) is 21.1. The van der Waals surface area contributed by atoms with Gasteiger partial charge >= 0.3 is 0 Å². The number of hydrogen-bond acceptors (Lipinski definition) is 0. The van der Waals surface area contributed by atoms with Crippen molar-refractivity contribution in [2.45, 2.75) is 0 Å². The molecule has 0 rings (SSSR count). The van der Waals surface area contributed by atoms with E-state index in [4.69, 9.17) is 0 Å². The van der Waals surface area contributed by atoms with E-state index in [-0.39, 0.29) is 0 Å². The lowest BCUT2D eigenvalue weighted by atomic mass is 8.21. The molecule has 73 heavy (non-hydrogen) atoms. The quantitative estimate of drug-likeness (QED) is 0.0557. The zero-order valence-electron chi connectivity index (χ0n) is 57.9. The van der Waals surface area contributed by atoms with Crippen molar-refractivity contribution in [3.05, 3.63) is 0 Å². The van der Waals surface area contributed by atoms with Crippen molar-refractivity contribution < 1.29 is 0 Å². The van der Waals surface area contributed by atoms with E-state index in [1.54, 1.807) is 0 Å². The molecule has 0 fully saturated rings. The topological polar surface area (TPSA) is 0 Å². The summed E-state index contributed by atoms with van der Waals surface area (Å²) >= 11 is 0. The Hall–Kier alpha value is 4.74. The van der Waals surface area contributed by atoms with Gasteiger partial charge in [0.2, 0.25) is 0 Å². The molecule has 0 spiro atoms. The third kappa shape index (κ3) is 21.0. The predicted octanol–water partition coefficient (Wildman–Crippen LogP) is -47.9. The summed E-state index contributed by atoms with van der Waals surface area (Å²) in [6.45, 7) is 0. The lowest BCUT2D eigenvalue weighted by molar-refractivity contribution is 3.15. The molecule has 0 aromatic carbocycles. The standard InChI is InChI=1S/B73H75/c1-38-57(39(2)3)66(56(36)37)71(67(58(40(4)5)41(6)7)59(42(8)9)43(10)11)73(70(64(52(28)29)53(30)31)65(54(32)33)55(34)35)72(68(60(44(12)13)45(14)15)61(46(16)17)47(18)19)69(62(48(20)21)49(22)23)63(50(24)25)51(26)27/h38H,1-37H2. The van der Waals surface area contributed by atoms with Crippen molar-refractivity contribution in [2.24, 2.45) is 0 Å². The van der Waals surface area contributed by atoms with Crippen LogP contribution in [0, 0.1) is 0 Å². The molecule has 0 saturated carbocycles. The second-order valence-corrected chi connectivity index (χ2v) is 32.7. The van der Waals surface area contributed by atoms with Gasteiger partial charge in [-0.2, -0.15) is 0 Å². The molecule has 0 amide bonds. The third-order valence-corrected chi connectivity index (χ3v) is 21.6. The fourth-order valence-electron chi connectivity index (χ4n) is 21.1. The Balaban J connectivity index is 12.0. The lowest BCUT2D eigenvalue weighted by Crippen LogP contribution is -2.99. The van der Waals surface area contributed by atoms with E-state index in [0.29, 0.717) is 223 Å². The van der Waals surface area contributed by atoms with Crippen LogP contribution >= 0.6 is 0 Å². The monoisotopic (exact) mass is 879 g/mol. The van der Waals surface area contributed by atoms with Gasteiger partial charge in [0.1, 0.15) is 0 Å². The molecular weight excluding hydrogens is 789 g/mol. The van der Waals surface area contributed by atoms with E-state index in [1.807, 2.05) is 0 Å². The van der Waals surface area contributed by atoms with Crippen LogP contribution in [-0.4, -0.2) is 517 Å². The summed E-state index contributed by atoms with van der Waals surface area (Å²) in [4.78, 5) is 0. The van der Waals surface area contributed by atoms with Crippen molar-refractivity contribution in [1.82, 2.24) is 0 Å². The smallest absolute Gasteiger partial charge is 0.00000483 e. The highest BCUT2D eigenvalue weighted by Crippen LogP contribution is 2.26. The SMILES string of the molecule is BBB(B(B)B)B(B(B)B)B(B(B(B(B)B)B(B)B)B(B(B)B)B(B)B)B(B(B(B(B)B)B(B)B)B(B(B)B)B(B)B)B(B(B(B(B)B)B(B)B)B(B(B)B)B(B)B)B(B(B(B)B)B(B)B)B(B(B)B)B(B)B. The molecule has 0 aliphatic rings. The summed E-state index contributed by atoms with van der Waals surface area (Å²) in [7, 11) is 101. The van der Waals surface area contributed by atoms with Gasteiger partial charge in [-0.25, -0.2) is 0 Å². The maximum absolute atomic E-state index is 2.76. The molecule has 0 aromatic rings. The van der Waals surface area contributed by atoms with Crippen LogP contribution in [0.5, 0.6) is 0 Å². The van der Waals surface area contributed by atoms with Gasteiger partial charge in [0.15, 0.2) is 0 Å². The van der Waals surface area contributed by atoms with Gasteiger partial charge in [-0.1, -0.05) is 0 Å². The average Bonchev–Trinajstić information content (AvgIpc) is 3.17. The molecule has 0 aliphatic carbocycles. The molecule has 294 valence electrons. The third-order valence-electron chi connectivity index (χ3n) is 21.6. The first kappa shape index (κ1) is 77.7. The van der Waals surface area contributed by atoms with Crippen LogP contribution < -0.4 is 0 Å². The summed E-state index contributed by atoms with van der Waals surface area (Å²) in [6, 6.07) is 0. The highest BCUT2D eigenvalue weighted by atomic mass is 13.5. The van der Waals surface area contributed by atoms with Crippen LogP contribution in [0.1, 0.15) is 0 Å². The fraction of sp³-hybridized carbons (Fsp3) is 0. The Morgan fingerprint density at radius 3 is 0.301 bits per heavy atom. The van der Waals surface area contributed by atoms with E-state index < -0.39 is 0 Å². The summed E-state index contributed by atoms with van der Waals surface area (Å²) in [6.07, 6.45) is 21.2. The van der Waals surface area contributed by atoms with Crippen LogP contribution in [0.2, 0.25) is 0 Å². The van der Waals surface area contributed by atoms with Crippen LogP contribution in [0.3, 0.4) is 0 Å². The maximum atomic E-state index is 2.76. The maximum Gasteiger partial charge on any atom is 0.0593 e. The van der Waals surface area contributed by atoms with Gasteiger partial charge in [-0.05, 0) is 0 Å². The Bertz CT molecular complexity index is 1200. The summed E-state index contributed by atoms with van der Waals surface area (Å²) in [5.74, 6) is 0. The Kier molecular flexibility index (Phi) is 38.2. The average molecular weight is 865 g/mol. The van der Waals surface area contributed by atoms with Crippen LogP contribution in [0.4, 0.5) is 0 Å². The van der Waals surface area contributed by atoms with E-state index >= 15 is 0 Å². The zero-order valence-corrected chi connectivity index (χ0v) is 57.9. The van der Waals surface area contributed by atoms with Crippen molar-refractivity contribution in [1.29, 1.82) is 0 Å². The van der Waals surface area contributed by atoms with Gasteiger partial charge in [0.05, 0.1) is 286 Å². The summed E-state index contributed by atoms with van der Waals surface area (Å²) in [5.41, 5.74) is 0. The molecule has 0 saturated heterocycles. The van der Waals surface area contributed by atoms with E-state index in [0.717, 1.165) is 0 Å². The molecule has 0 radical (unpaired) electrons. The van der Waals surface area contributed by atoms with Crippen molar-refractivity contribution in [3.8, 4) is 0 Å². The largest absolute Gasteiger partial charge is 0.0593 e. The van der Waals surface area contributed by atoms with Crippen molar-refractivity contribution >= 4 is 517 Å². The molecule has 0 aromatic heterocycles. The first-order valence-corrected chi connectivity index (χ1v) is 33.2. The highest BCUT2D eigenvalue weighted by Gasteiger charge is 2.65. The van der Waals surface area contributed by atoms with Crippen molar-refractivity contribution in [3.63, 3.8) is 0 Å². The minimum Gasteiger partial charge on any atom is 0.00000483 e. The van der Waals surface area contributed by atoms with Crippen LogP contribution in [-0.2, 0) is 0 Å². The molecular formula is H75B73. The van der Waals surface area contributed by atoms with Gasteiger partial charge in [0.25, 0.3) is 0 Å². The number of hydrogen-bond donors (Lipinski definition) is 0. The molecule has 73 heteroatoms. The van der Waals surface area contributed by atoms with E-state index in [1.165, 1.54) is 7.06 Å². The molecule has 0 N–H and O–H groups in total. The zero-order chi connectivity index (χ0) is 57.9. The Morgan fingerprint density at radius 1 is 0.123 bits per heavy atom. The highest BCUT2D eigenvalue weighted by molar-refractivity contribution is 8.40. The van der Waals surface area contributed by atoms with Crippen LogP contribution in [0.25, 0.3) is 0 Å².